The Labute approximate surface area is 174 Å². The summed E-state index contributed by atoms with van der Waals surface area (Å²) in [5.74, 6) is 0.540. The molecule has 28 heavy (non-hydrogen) atoms. The van der Waals surface area contributed by atoms with E-state index < -0.39 is 13.0 Å². The molecule has 1 saturated heterocycles. The van der Waals surface area contributed by atoms with Crippen LogP contribution in [0.5, 0.6) is 0 Å². The van der Waals surface area contributed by atoms with Crippen LogP contribution in [0.4, 0.5) is 5.69 Å². The van der Waals surface area contributed by atoms with Crippen LogP contribution in [0.15, 0.2) is 66.9 Å². The van der Waals surface area contributed by atoms with Crippen LogP contribution in [0.2, 0.25) is 0 Å². The highest BCUT2D eigenvalue weighted by molar-refractivity contribution is 5.58. The Hall–Kier alpha value is -2.22. The fourth-order valence-electron chi connectivity index (χ4n) is 6.26. The first-order valence-corrected chi connectivity index (χ1v) is 10.7. The third-order valence-electron chi connectivity index (χ3n) is 7.47. The molecule has 1 aliphatic carbocycles. The second-order valence-corrected chi connectivity index (χ2v) is 8.80. The highest BCUT2D eigenvalue weighted by Gasteiger charge is 2.58. The second-order valence-electron chi connectivity index (χ2n) is 8.80. The van der Waals surface area contributed by atoms with E-state index in [0.717, 1.165) is 11.3 Å². The topological polar surface area (TPSA) is 6.48 Å². The van der Waals surface area contributed by atoms with E-state index in [2.05, 4.69) is 78.4 Å². The second kappa shape index (κ2) is 6.69. The Balaban J connectivity index is 1.68. The number of hydrogen-bond acceptors (Lipinski definition) is 2. The highest BCUT2D eigenvalue weighted by atomic mass is 15.5. The lowest BCUT2D eigenvalue weighted by Gasteiger charge is -2.43. The standard InChI is InChI=1S/C26H32N2/c1-19-11-7-10-16-24(19)28-20(2)25-26(23-14-8-9-15-23,17-18-27(25)21(28)3)22-12-5-4-6-13-22/h4-7,10-13,16-18,20-21,23,25H,8-9,14-15H2,1-3H3/t20-,21?,25?,26?/m0/s1/i3D3. The molecule has 0 amide bonds. The fourth-order valence-corrected chi connectivity index (χ4v) is 6.26. The molecule has 1 saturated carbocycles. The molecule has 2 heterocycles. The van der Waals surface area contributed by atoms with Gasteiger partial charge in [-0.2, -0.15) is 0 Å². The van der Waals surface area contributed by atoms with Gasteiger partial charge in [0, 0.05) is 21.3 Å². The normalized spacial score (nSPS) is 34.4. The van der Waals surface area contributed by atoms with Crippen molar-refractivity contribution >= 4 is 5.69 Å². The zero-order chi connectivity index (χ0) is 21.8. The maximum atomic E-state index is 8.48. The minimum absolute atomic E-state index is 0.0716. The van der Waals surface area contributed by atoms with E-state index in [1.54, 1.807) is 0 Å². The van der Waals surface area contributed by atoms with E-state index in [4.69, 9.17) is 4.11 Å². The summed E-state index contributed by atoms with van der Waals surface area (Å²) in [4.78, 5) is 4.36. The zero-order valence-electron chi connectivity index (χ0n) is 19.9. The predicted molar refractivity (Wildman–Crippen MR) is 117 cm³/mol. The molecule has 2 aliphatic heterocycles. The molecule has 2 aromatic carbocycles. The Bertz CT molecular complexity index is 964. The van der Waals surface area contributed by atoms with Crippen LogP contribution in [0.3, 0.4) is 0 Å². The van der Waals surface area contributed by atoms with Crippen LogP contribution in [0, 0.1) is 12.8 Å². The largest absolute Gasteiger partial charge is 0.352 e. The van der Waals surface area contributed by atoms with E-state index in [1.165, 1.54) is 31.2 Å². The molecule has 2 nitrogen and oxygen atoms in total. The first-order valence-electron chi connectivity index (χ1n) is 12.2. The lowest BCUT2D eigenvalue weighted by Crippen LogP contribution is -2.50. The smallest absolute Gasteiger partial charge is 0.0989 e. The summed E-state index contributed by atoms with van der Waals surface area (Å²) in [6.45, 7) is 2.20. The van der Waals surface area contributed by atoms with Gasteiger partial charge in [0.1, 0.15) is 0 Å². The minimum atomic E-state index is -2.11. The highest BCUT2D eigenvalue weighted by Crippen LogP contribution is 2.54. The molecule has 3 unspecified atom stereocenters. The average molecular weight is 376 g/mol. The van der Waals surface area contributed by atoms with Crippen molar-refractivity contribution in [3.05, 3.63) is 78.0 Å². The molecular formula is C26H32N2. The maximum absolute atomic E-state index is 8.48. The third kappa shape index (κ3) is 2.40. The van der Waals surface area contributed by atoms with Crippen LogP contribution in [0.25, 0.3) is 0 Å². The number of anilines is 1. The van der Waals surface area contributed by atoms with Crippen LogP contribution in [-0.4, -0.2) is 23.1 Å². The monoisotopic (exact) mass is 375 g/mol. The molecule has 2 fully saturated rings. The first-order chi connectivity index (χ1) is 14.9. The lowest BCUT2D eigenvalue weighted by atomic mass is 9.64. The summed E-state index contributed by atoms with van der Waals surface area (Å²) in [6, 6.07) is 19.2. The lowest BCUT2D eigenvalue weighted by molar-refractivity contribution is 0.186. The van der Waals surface area contributed by atoms with Crippen molar-refractivity contribution in [2.24, 2.45) is 5.92 Å². The SMILES string of the molecule is [2H]C([2H])([2H])C1N2C=CC(c3ccccc3)(C3CCCC3)C2[C@H](C)N1c1ccccc1C. The quantitative estimate of drug-likeness (QED) is 0.661. The van der Waals surface area contributed by atoms with Crippen molar-refractivity contribution in [1.29, 1.82) is 0 Å². The number of fused-ring (bicyclic) bond motifs is 1. The van der Waals surface area contributed by atoms with Gasteiger partial charge in [0.15, 0.2) is 0 Å². The van der Waals surface area contributed by atoms with Gasteiger partial charge in [0.25, 0.3) is 0 Å². The van der Waals surface area contributed by atoms with E-state index in [0.29, 0.717) is 5.92 Å². The minimum Gasteiger partial charge on any atom is -0.352 e. The molecule has 0 N–H and O–H groups in total. The van der Waals surface area contributed by atoms with Gasteiger partial charge >= 0.3 is 0 Å². The van der Waals surface area contributed by atoms with E-state index in [9.17, 15) is 0 Å². The van der Waals surface area contributed by atoms with Crippen LogP contribution in [0.1, 0.15) is 54.7 Å². The number of benzene rings is 2. The first kappa shape index (κ1) is 14.7. The van der Waals surface area contributed by atoms with Gasteiger partial charge in [-0.1, -0.05) is 67.4 Å². The Morgan fingerprint density at radius 2 is 1.71 bits per heavy atom. The van der Waals surface area contributed by atoms with Gasteiger partial charge < -0.3 is 9.80 Å². The van der Waals surface area contributed by atoms with E-state index in [1.807, 2.05) is 12.1 Å². The number of rotatable bonds is 3. The summed E-state index contributed by atoms with van der Waals surface area (Å²) in [5, 5.41) is 0. The average Bonchev–Trinajstić information content (AvgIpc) is 3.46. The molecular weight excluding hydrogens is 340 g/mol. The summed E-state index contributed by atoms with van der Waals surface area (Å²) in [6.07, 6.45) is 8.75. The predicted octanol–water partition coefficient (Wildman–Crippen LogP) is 5.88. The van der Waals surface area contributed by atoms with E-state index >= 15 is 0 Å². The Kier molecular flexibility index (Phi) is 3.52. The van der Waals surface area contributed by atoms with Gasteiger partial charge in [0.05, 0.1) is 12.2 Å². The molecule has 0 spiro atoms. The van der Waals surface area contributed by atoms with Crippen molar-refractivity contribution in [2.45, 2.75) is 70.0 Å². The number of para-hydroxylation sites is 1. The Morgan fingerprint density at radius 3 is 2.43 bits per heavy atom. The van der Waals surface area contributed by atoms with E-state index in [-0.39, 0.29) is 17.5 Å². The van der Waals surface area contributed by atoms with Crippen LogP contribution < -0.4 is 4.90 Å². The van der Waals surface area contributed by atoms with Crippen molar-refractivity contribution in [3.63, 3.8) is 0 Å². The molecule has 4 atom stereocenters. The molecule has 0 aromatic heterocycles. The summed E-state index contributed by atoms with van der Waals surface area (Å²) >= 11 is 0. The summed E-state index contributed by atoms with van der Waals surface area (Å²) in [7, 11) is 0. The molecule has 2 heteroatoms. The fraction of sp³-hybridized carbons (Fsp3) is 0.462. The molecule has 2 aromatic rings. The summed E-state index contributed by atoms with van der Waals surface area (Å²) < 4.78 is 25.4. The summed E-state index contributed by atoms with van der Waals surface area (Å²) in [5.41, 5.74) is 3.33. The van der Waals surface area contributed by atoms with Gasteiger partial charge in [-0.05, 0) is 62.9 Å². The molecule has 5 rings (SSSR count). The van der Waals surface area contributed by atoms with Crippen molar-refractivity contribution in [2.75, 3.05) is 4.90 Å². The van der Waals surface area contributed by atoms with Gasteiger partial charge in [-0.25, -0.2) is 0 Å². The van der Waals surface area contributed by atoms with Crippen molar-refractivity contribution in [1.82, 2.24) is 4.90 Å². The zero-order valence-corrected chi connectivity index (χ0v) is 16.9. The number of nitrogens with zero attached hydrogens (tertiary/aromatic N) is 2. The third-order valence-corrected chi connectivity index (χ3v) is 7.47. The van der Waals surface area contributed by atoms with Gasteiger partial charge in [-0.3, -0.25) is 0 Å². The van der Waals surface area contributed by atoms with Crippen molar-refractivity contribution < 1.29 is 4.11 Å². The number of aryl methyl sites for hydroxylation is 1. The molecule has 0 bridgehead atoms. The Morgan fingerprint density at radius 1 is 1.00 bits per heavy atom. The molecule has 3 aliphatic rings. The van der Waals surface area contributed by atoms with Gasteiger partial charge in [0.2, 0.25) is 0 Å². The molecule has 146 valence electrons. The van der Waals surface area contributed by atoms with Crippen molar-refractivity contribution in [3.8, 4) is 0 Å². The van der Waals surface area contributed by atoms with Crippen LogP contribution >= 0.6 is 0 Å². The van der Waals surface area contributed by atoms with Crippen LogP contribution in [-0.2, 0) is 5.41 Å². The molecule has 0 radical (unpaired) electrons. The maximum Gasteiger partial charge on any atom is 0.0989 e. The van der Waals surface area contributed by atoms with Gasteiger partial charge in [-0.15, -0.1) is 0 Å². The number of hydrogen-bond donors (Lipinski definition) is 0.